The van der Waals surface area contributed by atoms with Crippen molar-refractivity contribution in [3.8, 4) is 11.5 Å². The molecule has 11 heteroatoms. The SMILES string of the molecule is COc1cccc(OC)c1C1=NC(c2ccc(Cl)cc2)C(c2ccc(Cl)cc2)[NH2+]1.O=C([O-])C(F)(F)F. The first-order valence-electron chi connectivity index (χ1n) is 10.5. The highest BCUT2D eigenvalue weighted by molar-refractivity contribution is 6.30. The van der Waals surface area contributed by atoms with Crippen LogP contribution in [-0.4, -0.2) is 32.2 Å². The fourth-order valence-electron chi connectivity index (χ4n) is 3.69. The van der Waals surface area contributed by atoms with Crippen molar-refractivity contribution in [1.29, 1.82) is 0 Å². The molecule has 2 N–H and O–H groups in total. The standard InChI is InChI=1S/C23H20Cl2N2O2.C2HF3O2/c1-28-18-4-3-5-19(29-2)20(18)23-26-21(14-6-10-16(24)11-7-14)22(27-23)15-8-12-17(25)13-9-15;3-2(4,5)1(6)7/h3-13,21-22H,1-2H3,(H,26,27);(H,6,7). The normalized spacial score (nSPS) is 17.0. The molecule has 6 nitrogen and oxygen atoms in total. The van der Waals surface area contributed by atoms with Crippen LogP contribution in [0.1, 0.15) is 28.8 Å². The lowest BCUT2D eigenvalue weighted by molar-refractivity contribution is -0.580. The number of carboxylic acid groups (broad SMARTS) is 1. The molecule has 3 aromatic rings. The minimum Gasteiger partial charge on any atom is -0.542 e. The molecule has 3 aromatic carbocycles. The molecule has 1 aliphatic rings. The van der Waals surface area contributed by atoms with Crippen LogP contribution < -0.4 is 19.9 Å². The number of quaternary nitrogens is 1. The number of ether oxygens (including phenoxy) is 2. The Bertz CT molecular complexity index is 1210. The zero-order chi connectivity index (χ0) is 26.5. The number of nitrogens with zero attached hydrogens (tertiary/aromatic N) is 1. The maximum atomic E-state index is 10.5. The van der Waals surface area contributed by atoms with Gasteiger partial charge < -0.3 is 19.4 Å². The van der Waals surface area contributed by atoms with Crippen LogP contribution in [0.5, 0.6) is 11.5 Å². The summed E-state index contributed by atoms with van der Waals surface area (Å²) >= 11 is 12.2. The van der Waals surface area contributed by atoms with Crippen LogP contribution in [0, 0.1) is 0 Å². The van der Waals surface area contributed by atoms with Gasteiger partial charge in [-0.3, -0.25) is 5.32 Å². The molecule has 0 aromatic heterocycles. The van der Waals surface area contributed by atoms with Gasteiger partial charge in [0.2, 0.25) is 5.84 Å². The maximum Gasteiger partial charge on any atom is 0.430 e. The molecule has 2 unspecified atom stereocenters. The molecule has 36 heavy (non-hydrogen) atoms. The third-order valence-corrected chi connectivity index (χ3v) is 5.84. The van der Waals surface area contributed by atoms with Crippen LogP contribution in [0.15, 0.2) is 71.7 Å². The number of aliphatic carboxylic acids is 1. The second-order valence-corrected chi connectivity index (χ2v) is 8.45. The number of hydrogen-bond donors (Lipinski definition) is 1. The zero-order valence-corrected chi connectivity index (χ0v) is 20.6. The van der Waals surface area contributed by atoms with Crippen LogP contribution in [-0.2, 0) is 4.79 Å². The van der Waals surface area contributed by atoms with E-state index in [0.29, 0.717) is 10.0 Å². The van der Waals surface area contributed by atoms with E-state index in [0.717, 1.165) is 34.0 Å². The highest BCUT2D eigenvalue weighted by atomic mass is 35.5. The lowest BCUT2D eigenvalue weighted by atomic mass is 9.95. The summed E-state index contributed by atoms with van der Waals surface area (Å²) in [6.07, 6.45) is -5.19. The van der Waals surface area contributed by atoms with E-state index in [1.165, 1.54) is 0 Å². The van der Waals surface area contributed by atoms with Crippen LogP contribution in [0.25, 0.3) is 0 Å². The minimum atomic E-state index is -5.19. The summed E-state index contributed by atoms with van der Waals surface area (Å²) in [5.41, 5.74) is 3.09. The monoisotopic (exact) mass is 540 g/mol. The molecular weight excluding hydrogens is 520 g/mol. The molecule has 1 aliphatic heterocycles. The molecule has 0 saturated carbocycles. The van der Waals surface area contributed by atoms with Crippen molar-refractivity contribution in [1.82, 2.24) is 0 Å². The summed E-state index contributed by atoms with van der Waals surface area (Å²) in [6, 6.07) is 21.5. The maximum absolute atomic E-state index is 10.5. The van der Waals surface area contributed by atoms with Crippen molar-refractivity contribution in [2.24, 2.45) is 4.99 Å². The first kappa shape index (κ1) is 27.3. The number of carbonyl (C=O) groups is 1. The number of alkyl halides is 3. The Morgan fingerprint density at radius 3 is 1.75 bits per heavy atom. The number of halogens is 5. The van der Waals surface area contributed by atoms with Crippen molar-refractivity contribution < 1.29 is 37.9 Å². The van der Waals surface area contributed by atoms with E-state index in [1.54, 1.807) is 14.2 Å². The van der Waals surface area contributed by atoms with E-state index < -0.39 is 12.1 Å². The number of hydrogen-bond acceptors (Lipinski definition) is 5. The zero-order valence-electron chi connectivity index (χ0n) is 19.1. The molecule has 0 fully saturated rings. The molecule has 0 bridgehead atoms. The lowest BCUT2D eigenvalue weighted by Crippen LogP contribution is -2.87. The number of rotatable bonds is 5. The van der Waals surface area contributed by atoms with Gasteiger partial charge in [0, 0.05) is 15.6 Å². The number of carboxylic acids is 1. The van der Waals surface area contributed by atoms with Crippen LogP contribution in [0.2, 0.25) is 10.0 Å². The van der Waals surface area contributed by atoms with Crippen molar-refractivity contribution in [2.75, 3.05) is 14.2 Å². The largest absolute Gasteiger partial charge is 0.542 e. The second-order valence-electron chi connectivity index (χ2n) is 7.58. The Morgan fingerprint density at radius 2 is 1.33 bits per heavy atom. The van der Waals surface area contributed by atoms with E-state index in [4.69, 9.17) is 47.6 Å². The summed E-state index contributed by atoms with van der Waals surface area (Å²) in [5, 5.41) is 12.4. The molecule has 0 aliphatic carbocycles. The van der Waals surface area contributed by atoms with E-state index in [9.17, 15) is 13.2 Å². The van der Waals surface area contributed by atoms with Crippen molar-refractivity contribution in [3.63, 3.8) is 0 Å². The topological polar surface area (TPSA) is 87.6 Å². The number of carbonyl (C=O) groups excluding carboxylic acids is 1. The second kappa shape index (κ2) is 11.6. The Hall–Kier alpha value is -3.27. The summed E-state index contributed by atoms with van der Waals surface area (Å²) in [6.45, 7) is 0. The Morgan fingerprint density at radius 1 is 0.889 bits per heavy atom. The number of methoxy groups -OCH3 is 2. The van der Waals surface area contributed by atoms with E-state index in [2.05, 4.69) is 5.32 Å². The molecule has 0 spiro atoms. The van der Waals surface area contributed by atoms with Gasteiger partial charge in [-0.25, -0.2) is 4.99 Å². The fraction of sp³-hybridized carbons (Fsp3) is 0.200. The van der Waals surface area contributed by atoms with E-state index in [1.807, 2.05) is 66.7 Å². The van der Waals surface area contributed by atoms with E-state index in [-0.39, 0.29) is 12.1 Å². The Labute approximate surface area is 215 Å². The first-order valence-corrected chi connectivity index (χ1v) is 11.2. The van der Waals surface area contributed by atoms with Crippen molar-refractivity contribution >= 4 is 35.0 Å². The lowest BCUT2D eigenvalue weighted by Gasteiger charge is -2.16. The number of amidine groups is 1. The fourth-order valence-corrected chi connectivity index (χ4v) is 3.94. The number of benzene rings is 3. The summed E-state index contributed by atoms with van der Waals surface area (Å²) in [7, 11) is 3.31. The van der Waals surface area contributed by atoms with Gasteiger partial charge >= 0.3 is 6.18 Å². The first-order chi connectivity index (χ1) is 17.0. The van der Waals surface area contributed by atoms with Crippen molar-refractivity contribution in [2.45, 2.75) is 18.3 Å². The minimum absolute atomic E-state index is 0.0538. The van der Waals surface area contributed by atoms with Gasteiger partial charge in [0.1, 0.15) is 35.1 Å². The van der Waals surface area contributed by atoms with Gasteiger partial charge in [-0.15, -0.1) is 0 Å². The van der Waals surface area contributed by atoms with Crippen LogP contribution in [0.3, 0.4) is 0 Å². The predicted molar refractivity (Wildman–Crippen MR) is 127 cm³/mol. The quantitative estimate of drug-likeness (QED) is 0.527. The molecule has 0 saturated heterocycles. The van der Waals surface area contributed by atoms with E-state index >= 15 is 0 Å². The third-order valence-electron chi connectivity index (χ3n) is 5.34. The van der Waals surface area contributed by atoms with Crippen LogP contribution in [0.4, 0.5) is 13.2 Å². The average molecular weight is 541 g/mol. The Kier molecular flexibility index (Phi) is 8.84. The predicted octanol–water partition coefficient (Wildman–Crippen LogP) is 4.12. The van der Waals surface area contributed by atoms with Gasteiger partial charge in [-0.05, 0) is 42.0 Å². The number of nitrogens with two attached hydrogens (primary N) is 1. The van der Waals surface area contributed by atoms with Gasteiger partial charge in [0.15, 0.2) is 0 Å². The van der Waals surface area contributed by atoms with Crippen molar-refractivity contribution in [3.05, 3.63) is 93.5 Å². The molecule has 4 rings (SSSR count). The third kappa shape index (κ3) is 6.48. The highest BCUT2D eigenvalue weighted by Crippen LogP contribution is 2.37. The molecule has 0 radical (unpaired) electrons. The summed E-state index contributed by atoms with van der Waals surface area (Å²) in [4.78, 5) is 13.9. The van der Waals surface area contributed by atoms with Gasteiger partial charge in [0.25, 0.3) is 0 Å². The highest BCUT2D eigenvalue weighted by Gasteiger charge is 2.38. The molecule has 2 atom stereocenters. The van der Waals surface area contributed by atoms with Crippen LogP contribution >= 0.6 is 23.2 Å². The summed E-state index contributed by atoms with van der Waals surface area (Å²) in [5.74, 6) is -0.705. The van der Waals surface area contributed by atoms with Gasteiger partial charge in [-0.2, -0.15) is 13.2 Å². The van der Waals surface area contributed by atoms with Gasteiger partial charge in [-0.1, -0.05) is 53.5 Å². The molecule has 1 heterocycles. The smallest absolute Gasteiger partial charge is 0.430 e. The Balaban J connectivity index is 0.000000454. The molecule has 0 amide bonds. The summed E-state index contributed by atoms with van der Waals surface area (Å²) < 4.78 is 42.7. The van der Waals surface area contributed by atoms with Gasteiger partial charge in [0.05, 0.1) is 14.2 Å². The molecular formula is C25H21Cl2F3N2O4. The molecule has 190 valence electrons. The average Bonchev–Trinajstić information content (AvgIpc) is 3.29. The number of aliphatic imine (C=N–C) groups is 1.